The molecule has 2 atom stereocenters. The molecule has 0 radical (unpaired) electrons. The molecular weight excluding hydrogens is 338 g/mol. The molecule has 0 saturated carbocycles. The van der Waals surface area contributed by atoms with Gasteiger partial charge in [0, 0.05) is 12.2 Å². The summed E-state index contributed by atoms with van der Waals surface area (Å²) in [4.78, 5) is 46.2. The molecule has 0 aliphatic heterocycles. The number of carbonyl (C=O) groups is 4. The highest BCUT2D eigenvalue weighted by Gasteiger charge is 2.21. The molecule has 0 aromatic rings. The molecule has 0 aliphatic carbocycles. The number of esters is 2. The molecule has 0 unspecified atom stereocenters. The van der Waals surface area contributed by atoms with Crippen molar-refractivity contribution in [3.63, 3.8) is 0 Å². The monoisotopic (exact) mass is 363 g/mol. The minimum Gasteiger partial charge on any atom is -0.465 e. The standard InChI is InChI=1S/C14H25N3O6S/c1-3-22-12(19)7-16-13(20)10(8-24)17-11(18)6-5-9(15)14(21)23-4-2/h9-10,24H,3-8,15H2,1-2H3,(H,16,20)(H,17,18)/t9-,10-/m0/s1. The molecule has 0 fully saturated rings. The van der Waals surface area contributed by atoms with E-state index in [1.54, 1.807) is 13.8 Å². The summed E-state index contributed by atoms with van der Waals surface area (Å²) in [6.07, 6.45) is 0.0455. The number of hydrogen-bond acceptors (Lipinski definition) is 8. The summed E-state index contributed by atoms with van der Waals surface area (Å²) < 4.78 is 9.41. The predicted octanol–water partition coefficient (Wildman–Crippen LogP) is -1.25. The van der Waals surface area contributed by atoms with Crippen LogP contribution in [0.15, 0.2) is 0 Å². The van der Waals surface area contributed by atoms with E-state index >= 15 is 0 Å². The van der Waals surface area contributed by atoms with Crippen LogP contribution in [0.1, 0.15) is 26.7 Å². The summed E-state index contributed by atoms with van der Waals surface area (Å²) in [6.45, 7) is 3.44. The van der Waals surface area contributed by atoms with Gasteiger partial charge in [-0.1, -0.05) is 0 Å². The molecule has 9 nitrogen and oxygen atoms in total. The normalized spacial score (nSPS) is 12.7. The third kappa shape index (κ3) is 9.36. The van der Waals surface area contributed by atoms with Gasteiger partial charge in [0.1, 0.15) is 18.6 Å². The van der Waals surface area contributed by atoms with Crippen LogP contribution in [0.2, 0.25) is 0 Å². The van der Waals surface area contributed by atoms with Crippen molar-refractivity contribution in [3.05, 3.63) is 0 Å². The van der Waals surface area contributed by atoms with Gasteiger partial charge in [-0.3, -0.25) is 19.2 Å². The van der Waals surface area contributed by atoms with Gasteiger partial charge in [0.05, 0.1) is 13.2 Å². The van der Waals surface area contributed by atoms with Gasteiger partial charge < -0.3 is 25.8 Å². The minimum absolute atomic E-state index is 0.0460. The Morgan fingerprint density at radius 1 is 1.12 bits per heavy atom. The van der Waals surface area contributed by atoms with E-state index in [9.17, 15) is 19.2 Å². The highest BCUT2D eigenvalue weighted by atomic mass is 32.1. The Hall–Kier alpha value is -1.81. The van der Waals surface area contributed by atoms with Crippen molar-refractivity contribution in [2.45, 2.75) is 38.8 Å². The first-order valence-corrected chi connectivity index (χ1v) is 8.24. The average Bonchev–Trinajstić information content (AvgIpc) is 2.55. The Morgan fingerprint density at radius 3 is 2.29 bits per heavy atom. The quantitative estimate of drug-likeness (QED) is 0.266. The highest BCUT2D eigenvalue weighted by molar-refractivity contribution is 7.80. The van der Waals surface area contributed by atoms with Crippen LogP contribution >= 0.6 is 12.6 Å². The van der Waals surface area contributed by atoms with Crippen molar-refractivity contribution in [1.82, 2.24) is 10.6 Å². The van der Waals surface area contributed by atoms with Crippen LogP contribution in [-0.4, -0.2) is 61.3 Å². The second-order valence-electron chi connectivity index (χ2n) is 4.72. The maximum Gasteiger partial charge on any atom is 0.325 e. The first kappa shape index (κ1) is 22.2. The number of amides is 2. The Morgan fingerprint density at radius 2 is 1.75 bits per heavy atom. The third-order valence-corrected chi connectivity index (χ3v) is 3.18. The minimum atomic E-state index is -0.908. The van der Waals surface area contributed by atoms with Gasteiger partial charge in [-0.2, -0.15) is 12.6 Å². The summed E-state index contributed by atoms with van der Waals surface area (Å²) in [5.41, 5.74) is 5.58. The van der Waals surface area contributed by atoms with Crippen molar-refractivity contribution in [1.29, 1.82) is 0 Å². The Bertz CT molecular complexity index is 446. The van der Waals surface area contributed by atoms with E-state index in [-0.39, 0.29) is 38.4 Å². The van der Waals surface area contributed by atoms with Gasteiger partial charge in [-0.05, 0) is 20.3 Å². The third-order valence-electron chi connectivity index (χ3n) is 2.82. The number of hydrogen-bond donors (Lipinski definition) is 4. The van der Waals surface area contributed by atoms with E-state index in [0.29, 0.717) is 0 Å². The summed E-state index contributed by atoms with van der Waals surface area (Å²) in [5, 5.41) is 4.81. The lowest BCUT2D eigenvalue weighted by atomic mass is 10.1. The Kier molecular flexibility index (Phi) is 11.6. The number of thiol groups is 1. The van der Waals surface area contributed by atoms with Crippen LogP contribution in [0.25, 0.3) is 0 Å². The summed E-state index contributed by atoms with van der Waals surface area (Å²) in [7, 11) is 0. The zero-order valence-electron chi connectivity index (χ0n) is 13.9. The topological polar surface area (TPSA) is 137 Å². The molecule has 138 valence electrons. The van der Waals surface area contributed by atoms with Gasteiger partial charge in [-0.25, -0.2) is 0 Å². The highest BCUT2D eigenvalue weighted by Crippen LogP contribution is 1.99. The van der Waals surface area contributed by atoms with E-state index < -0.39 is 35.8 Å². The van der Waals surface area contributed by atoms with E-state index in [1.807, 2.05) is 0 Å². The molecule has 0 rings (SSSR count). The number of ether oxygens (including phenoxy) is 2. The zero-order valence-corrected chi connectivity index (χ0v) is 14.8. The van der Waals surface area contributed by atoms with Crippen molar-refractivity contribution in [2.75, 3.05) is 25.5 Å². The molecule has 0 bridgehead atoms. The lowest BCUT2D eigenvalue weighted by Gasteiger charge is -2.17. The van der Waals surface area contributed by atoms with Crippen LogP contribution in [0, 0.1) is 0 Å². The van der Waals surface area contributed by atoms with Gasteiger partial charge in [0.2, 0.25) is 11.8 Å². The molecule has 10 heteroatoms. The van der Waals surface area contributed by atoms with Gasteiger partial charge in [0.25, 0.3) is 0 Å². The van der Waals surface area contributed by atoms with Crippen LogP contribution in [-0.2, 0) is 28.7 Å². The van der Waals surface area contributed by atoms with Crippen molar-refractivity contribution in [3.8, 4) is 0 Å². The smallest absolute Gasteiger partial charge is 0.325 e. The maximum atomic E-state index is 11.9. The molecular formula is C14H25N3O6S. The predicted molar refractivity (Wildman–Crippen MR) is 89.3 cm³/mol. The number of carbonyl (C=O) groups excluding carboxylic acids is 4. The molecule has 0 spiro atoms. The van der Waals surface area contributed by atoms with E-state index in [2.05, 4.69) is 28.0 Å². The number of nitrogens with two attached hydrogens (primary N) is 1. The van der Waals surface area contributed by atoms with Gasteiger partial charge >= 0.3 is 11.9 Å². The maximum absolute atomic E-state index is 11.9. The van der Waals surface area contributed by atoms with E-state index in [1.165, 1.54) is 0 Å². The van der Waals surface area contributed by atoms with Crippen LogP contribution in [0.4, 0.5) is 0 Å². The lowest BCUT2D eigenvalue weighted by Crippen LogP contribution is -2.49. The molecule has 0 aliphatic rings. The van der Waals surface area contributed by atoms with Crippen LogP contribution in [0.3, 0.4) is 0 Å². The van der Waals surface area contributed by atoms with E-state index in [0.717, 1.165) is 0 Å². The van der Waals surface area contributed by atoms with Gasteiger partial charge in [-0.15, -0.1) is 0 Å². The second kappa shape index (κ2) is 12.6. The molecule has 0 aromatic carbocycles. The fourth-order valence-electron chi connectivity index (χ4n) is 1.61. The molecule has 0 saturated heterocycles. The number of nitrogens with one attached hydrogen (secondary N) is 2. The second-order valence-corrected chi connectivity index (χ2v) is 5.09. The summed E-state index contributed by atoms with van der Waals surface area (Å²) in [6, 6.07) is -1.81. The zero-order chi connectivity index (χ0) is 18.5. The van der Waals surface area contributed by atoms with E-state index in [4.69, 9.17) is 10.5 Å². The van der Waals surface area contributed by atoms with Crippen molar-refractivity contribution in [2.24, 2.45) is 5.73 Å². The molecule has 2 amide bonds. The molecule has 0 aromatic heterocycles. The van der Waals surface area contributed by atoms with Crippen molar-refractivity contribution >= 4 is 36.4 Å². The lowest BCUT2D eigenvalue weighted by molar-refractivity contribution is -0.145. The first-order chi connectivity index (χ1) is 11.3. The van der Waals surface area contributed by atoms with Gasteiger partial charge in [0.15, 0.2) is 0 Å². The van der Waals surface area contributed by atoms with Crippen LogP contribution in [0.5, 0.6) is 0 Å². The first-order valence-electron chi connectivity index (χ1n) is 7.61. The Labute approximate surface area is 146 Å². The molecule has 4 N–H and O–H groups in total. The molecule has 0 heterocycles. The SMILES string of the molecule is CCOC(=O)CNC(=O)[C@H](CS)NC(=O)CC[C@H](N)C(=O)OCC. The van der Waals surface area contributed by atoms with Crippen LogP contribution < -0.4 is 16.4 Å². The number of rotatable bonds is 11. The summed E-state index contributed by atoms with van der Waals surface area (Å²) >= 11 is 3.99. The Balaban J connectivity index is 4.25. The fourth-order valence-corrected chi connectivity index (χ4v) is 1.87. The summed E-state index contributed by atoms with van der Waals surface area (Å²) in [5.74, 6) is -2.12. The average molecular weight is 363 g/mol. The molecule has 24 heavy (non-hydrogen) atoms. The van der Waals surface area contributed by atoms with Crippen molar-refractivity contribution < 1.29 is 28.7 Å². The largest absolute Gasteiger partial charge is 0.465 e. The fraction of sp³-hybridized carbons (Fsp3) is 0.714.